The number of carboxylic acid groups (broad SMARTS) is 1. The van der Waals surface area contributed by atoms with E-state index in [1.165, 1.54) is 0 Å². The van der Waals surface area contributed by atoms with Crippen molar-refractivity contribution in [2.45, 2.75) is 17.9 Å². The number of hydrogen-bond acceptors (Lipinski definition) is 2. The molecule has 1 amide bonds. The predicted molar refractivity (Wildman–Crippen MR) is 78.0 cm³/mol. The van der Waals surface area contributed by atoms with Crippen LogP contribution < -0.4 is 5.32 Å². The summed E-state index contributed by atoms with van der Waals surface area (Å²) in [5.74, 6) is -4.21. The summed E-state index contributed by atoms with van der Waals surface area (Å²) in [5, 5.41) is 11.8. The van der Waals surface area contributed by atoms with Gasteiger partial charge in [-0.2, -0.15) is 0 Å². The third kappa shape index (κ3) is 2.67. The summed E-state index contributed by atoms with van der Waals surface area (Å²) in [7, 11) is 0. The van der Waals surface area contributed by atoms with E-state index in [1.54, 1.807) is 30.3 Å². The van der Waals surface area contributed by atoms with Crippen LogP contribution >= 0.6 is 0 Å². The van der Waals surface area contributed by atoms with Crippen molar-refractivity contribution in [3.8, 4) is 0 Å². The average Bonchev–Trinajstić information content (AvgIpc) is 3.26. The molecule has 1 saturated carbocycles. The minimum Gasteiger partial charge on any atom is -0.479 e. The fraction of sp³-hybridized carbons (Fsp3) is 0.176. The lowest BCUT2D eigenvalue weighted by molar-refractivity contribution is -0.140. The monoisotopic (exact) mass is 317 g/mol. The first-order valence-corrected chi connectivity index (χ1v) is 7.00. The SMILES string of the molecule is O=C(NC1(C(=O)O)CC1c1ccccc1)c1cc(F)ccc1F. The summed E-state index contributed by atoms with van der Waals surface area (Å²) in [6.45, 7) is 0. The highest BCUT2D eigenvalue weighted by atomic mass is 19.1. The van der Waals surface area contributed by atoms with Crippen LogP contribution in [0.1, 0.15) is 28.3 Å². The van der Waals surface area contributed by atoms with Gasteiger partial charge in [0, 0.05) is 5.92 Å². The highest BCUT2D eigenvalue weighted by molar-refractivity contribution is 6.00. The molecular weight excluding hydrogens is 304 g/mol. The number of benzene rings is 2. The number of carbonyl (C=O) groups excluding carboxylic acids is 1. The zero-order chi connectivity index (χ0) is 16.6. The summed E-state index contributed by atoms with van der Waals surface area (Å²) < 4.78 is 26.9. The maximum Gasteiger partial charge on any atom is 0.330 e. The molecule has 0 heterocycles. The van der Waals surface area contributed by atoms with E-state index in [0.717, 1.165) is 23.8 Å². The van der Waals surface area contributed by atoms with Gasteiger partial charge in [0.15, 0.2) is 0 Å². The van der Waals surface area contributed by atoms with Gasteiger partial charge in [-0.25, -0.2) is 13.6 Å². The maximum atomic E-state index is 13.7. The Morgan fingerprint density at radius 3 is 2.48 bits per heavy atom. The Labute approximate surface area is 130 Å². The average molecular weight is 317 g/mol. The number of halogens is 2. The predicted octanol–water partition coefficient (Wildman–Crippen LogP) is 2.71. The van der Waals surface area contributed by atoms with Gasteiger partial charge in [-0.05, 0) is 30.2 Å². The van der Waals surface area contributed by atoms with E-state index in [1.807, 2.05) is 0 Å². The highest BCUT2D eigenvalue weighted by Crippen LogP contribution is 2.51. The van der Waals surface area contributed by atoms with Crippen molar-refractivity contribution < 1.29 is 23.5 Å². The molecule has 0 spiro atoms. The van der Waals surface area contributed by atoms with Gasteiger partial charge >= 0.3 is 5.97 Å². The summed E-state index contributed by atoms with van der Waals surface area (Å²) in [6.07, 6.45) is 0.203. The molecular formula is C17H13F2NO3. The van der Waals surface area contributed by atoms with E-state index in [0.29, 0.717) is 0 Å². The number of amides is 1. The molecule has 0 saturated heterocycles. The largest absolute Gasteiger partial charge is 0.479 e. The number of carbonyl (C=O) groups is 2. The molecule has 23 heavy (non-hydrogen) atoms. The lowest BCUT2D eigenvalue weighted by Gasteiger charge is -2.15. The topological polar surface area (TPSA) is 66.4 Å². The van der Waals surface area contributed by atoms with Gasteiger partial charge in [0.05, 0.1) is 5.56 Å². The quantitative estimate of drug-likeness (QED) is 0.911. The fourth-order valence-corrected chi connectivity index (χ4v) is 2.72. The lowest BCUT2D eigenvalue weighted by atomic mass is 10.1. The van der Waals surface area contributed by atoms with Gasteiger partial charge in [0.2, 0.25) is 0 Å². The Bertz CT molecular complexity index is 779. The number of nitrogens with one attached hydrogen (secondary N) is 1. The van der Waals surface area contributed by atoms with Gasteiger partial charge in [0.1, 0.15) is 17.2 Å². The van der Waals surface area contributed by atoms with Gasteiger partial charge in [0.25, 0.3) is 5.91 Å². The first-order chi connectivity index (χ1) is 10.9. The first kappa shape index (κ1) is 15.1. The second kappa shape index (κ2) is 5.46. The van der Waals surface area contributed by atoms with Gasteiger partial charge in [-0.15, -0.1) is 0 Å². The third-order valence-corrected chi connectivity index (χ3v) is 4.05. The van der Waals surface area contributed by atoms with Crippen molar-refractivity contribution in [1.82, 2.24) is 5.32 Å². The van der Waals surface area contributed by atoms with Crippen LogP contribution in [-0.2, 0) is 4.79 Å². The van der Waals surface area contributed by atoms with Crippen LogP contribution in [0.25, 0.3) is 0 Å². The molecule has 4 nitrogen and oxygen atoms in total. The molecule has 2 aromatic rings. The van der Waals surface area contributed by atoms with Crippen molar-refractivity contribution in [2.75, 3.05) is 0 Å². The van der Waals surface area contributed by atoms with Crippen LogP contribution in [0.5, 0.6) is 0 Å². The Balaban J connectivity index is 1.86. The van der Waals surface area contributed by atoms with Crippen LogP contribution in [0.4, 0.5) is 8.78 Å². The third-order valence-electron chi connectivity index (χ3n) is 4.05. The van der Waals surface area contributed by atoms with Crippen LogP contribution in [0.15, 0.2) is 48.5 Å². The summed E-state index contributed by atoms with van der Waals surface area (Å²) in [4.78, 5) is 23.8. The molecule has 1 aliphatic rings. The normalized spacial score (nSPS) is 22.4. The molecule has 2 aromatic carbocycles. The summed E-state index contributed by atoms with van der Waals surface area (Å²) in [6, 6.07) is 11.4. The molecule has 2 atom stereocenters. The van der Waals surface area contributed by atoms with Crippen molar-refractivity contribution in [1.29, 1.82) is 0 Å². The second-order valence-electron chi connectivity index (χ2n) is 5.52. The first-order valence-electron chi connectivity index (χ1n) is 7.00. The van der Waals surface area contributed by atoms with E-state index in [-0.39, 0.29) is 6.42 Å². The van der Waals surface area contributed by atoms with Crippen molar-refractivity contribution in [3.63, 3.8) is 0 Å². The van der Waals surface area contributed by atoms with Crippen LogP contribution in [-0.4, -0.2) is 22.5 Å². The van der Waals surface area contributed by atoms with E-state index in [9.17, 15) is 23.5 Å². The minimum absolute atomic E-state index is 0.203. The summed E-state index contributed by atoms with van der Waals surface area (Å²) >= 11 is 0. The van der Waals surface area contributed by atoms with E-state index in [2.05, 4.69) is 5.32 Å². The molecule has 3 rings (SSSR count). The fourth-order valence-electron chi connectivity index (χ4n) is 2.72. The van der Waals surface area contributed by atoms with Gasteiger partial charge in [-0.1, -0.05) is 30.3 Å². The van der Waals surface area contributed by atoms with Crippen LogP contribution in [0, 0.1) is 11.6 Å². The Kier molecular flexibility index (Phi) is 3.60. The number of aliphatic carboxylic acids is 1. The van der Waals surface area contributed by atoms with Crippen LogP contribution in [0.3, 0.4) is 0 Å². The zero-order valence-corrected chi connectivity index (χ0v) is 11.9. The zero-order valence-electron chi connectivity index (χ0n) is 11.9. The molecule has 6 heteroatoms. The van der Waals surface area contributed by atoms with Crippen molar-refractivity contribution in [2.24, 2.45) is 0 Å². The maximum absolute atomic E-state index is 13.7. The van der Waals surface area contributed by atoms with E-state index >= 15 is 0 Å². The van der Waals surface area contributed by atoms with Gasteiger partial charge < -0.3 is 10.4 Å². The molecule has 1 aliphatic carbocycles. The molecule has 2 unspecified atom stereocenters. The second-order valence-corrected chi connectivity index (χ2v) is 5.52. The van der Waals surface area contributed by atoms with Crippen molar-refractivity contribution in [3.05, 3.63) is 71.3 Å². The smallest absolute Gasteiger partial charge is 0.330 e. The molecule has 0 aromatic heterocycles. The van der Waals surface area contributed by atoms with Crippen LogP contribution in [0.2, 0.25) is 0 Å². The molecule has 2 N–H and O–H groups in total. The minimum atomic E-state index is -1.49. The Morgan fingerprint density at radius 1 is 1.13 bits per heavy atom. The number of rotatable bonds is 4. The Hall–Kier alpha value is -2.76. The molecule has 0 bridgehead atoms. The van der Waals surface area contributed by atoms with Crippen molar-refractivity contribution >= 4 is 11.9 Å². The van der Waals surface area contributed by atoms with E-state index < -0.39 is 40.5 Å². The number of carboxylic acids is 1. The van der Waals surface area contributed by atoms with E-state index in [4.69, 9.17) is 0 Å². The molecule has 1 fully saturated rings. The highest BCUT2D eigenvalue weighted by Gasteiger charge is 2.62. The molecule has 0 aliphatic heterocycles. The lowest BCUT2D eigenvalue weighted by Crippen LogP contribution is -2.44. The molecule has 118 valence electrons. The Morgan fingerprint density at radius 2 is 1.83 bits per heavy atom. The molecule has 0 radical (unpaired) electrons. The number of hydrogen-bond donors (Lipinski definition) is 2. The van der Waals surface area contributed by atoms with Gasteiger partial charge in [-0.3, -0.25) is 4.79 Å². The standard InChI is InChI=1S/C17H13F2NO3/c18-11-6-7-14(19)12(8-11)15(21)20-17(16(22)23)9-13(17)10-4-2-1-3-5-10/h1-8,13H,9H2,(H,20,21)(H,22,23). The summed E-state index contributed by atoms with van der Waals surface area (Å²) in [5.41, 5.74) is -1.23.